The Kier molecular flexibility index (Phi) is 4.74. The molecule has 3 nitrogen and oxygen atoms in total. The second kappa shape index (κ2) is 6.53. The van der Waals surface area contributed by atoms with Crippen molar-refractivity contribution in [2.45, 2.75) is 26.8 Å². The topological polar surface area (TPSA) is 33.0 Å². The summed E-state index contributed by atoms with van der Waals surface area (Å²) in [7, 11) is 0. The van der Waals surface area contributed by atoms with E-state index in [1.54, 1.807) is 6.07 Å². The minimum atomic E-state index is -0.0652. The highest BCUT2D eigenvalue weighted by molar-refractivity contribution is 6.31. The number of aromatic nitrogens is 1. The van der Waals surface area contributed by atoms with Gasteiger partial charge in [-0.3, -0.25) is 4.79 Å². The Morgan fingerprint density at radius 3 is 2.60 bits per heavy atom. The molecule has 0 atom stereocenters. The fourth-order valence-corrected chi connectivity index (χ4v) is 2.09. The van der Waals surface area contributed by atoms with Crippen LogP contribution in [0.2, 0.25) is 5.02 Å². The van der Waals surface area contributed by atoms with Gasteiger partial charge in [0.15, 0.2) is 12.4 Å². The highest BCUT2D eigenvalue weighted by Crippen LogP contribution is 2.19. The van der Waals surface area contributed by atoms with Crippen molar-refractivity contribution in [2.75, 3.05) is 5.32 Å². The van der Waals surface area contributed by atoms with Crippen LogP contribution in [0, 0.1) is 6.92 Å². The molecule has 2 rings (SSSR count). The molecule has 4 heteroatoms. The summed E-state index contributed by atoms with van der Waals surface area (Å²) in [5, 5.41) is 3.50. The van der Waals surface area contributed by atoms with Crippen LogP contribution in [0.3, 0.4) is 0 Å². The average Bonchev–Trinajstić information content (AvgIpc) is 2.43. The summed E-state index contributed by atoms with van der Waals surface area (Å²) in [6.45, 7) is 4.33. The van der Waals surface area contributed by atoms with Crippen LogP contribution < -0.4 is 9.88 Å². The Bertz CT molecular complexity index is 608. The molecule has 1 heterocycles. The van der Waals surface area contributed by atoms with Crippen LogP contribution in [0.4, 0.5) is 5.69 Å². The van der Waals surface area contributed by atoms with Gasteiger partial charge in [0, 0.05) is 22.8 Å². The van der Waals surface area contributed by atoms with Crippen LogP contribution in [-0.4, -0.2) is 5.91 Å². The van der Waals surface area contributed by atoms with Gasteiger partial charge in [-0.25, -0.2) is 0 Å². The molecule has 0 spiro atoms. The number of hydrogen-bond donors (Lipinski definition) is 1. The standard InChI is InChI=1S/C16H17ClN2O/c1-3-13-6-8-19(9-7-13)11-16(20)18-15-10-14(17)5-4-12(15)2/h4-10H,3,11H2,1-2H3/p+1. The lowest BCUT2D eigenvalue weighted by atomic mass is 10.2. The Labute approximate surface area is 124 Å². The summed E-state index contributed by atoms with van der Waals surface area (Å²) in [6.07, 6.45) is 4.83. The van der Waals surface area contributed by atoms with Crippen molar-refractivity contribution in [1.82, 2.24) is 0 Å². The quantitative estimate of drug-likeness (QED) is 0.862. The van der Waals surface area contributed by atoms with Crippen molar-refractivity contribution in [2.24, 2.45) is 0 Å². The number of hydrogen-bond acceptors (Lipinski definition) is 1. The van der Waals surface area contributed by atoms with Crippen molar-refractivity contribution in [3.63, 3.8) is 0 Å². The van der Waals surface area contributed by atoms with E-state index in [1.807, 2.05) is 48.1 Å². The number of carbonyl (C=O) groups is 1. The van der Waals surface area contributed by atoms with Crippen molar-refractivity contribution < 1.29 is 9.36 Å². The van der Waals surface area contributed by atoms with E-state index in [0.717, 1.165) is 17.7 Å². The molecule has 2 aromatic rings. The number of amides is 1. The fourth-order valence-electron chi connectivity index (χ4n) is 1.91. The molecule has 0 bridgehead atoms. The molecule has 0 radical (unpaired) electrons. The zero-order valence-electron chi connectivity index (χ0n) is 11.7. The van der Waals surface area contributed by atoms with E-state index >= 15 is 0 Å². The number of pyridine rings is 1. The summed E-state index contributed by atoms with van der Waals surface area (Å²) in [5.74, 6) is -0.0652. The molecule has 0 saturated carbocycles. The normalized spacial score (nSPS) is 10.3. The van der Waals surface area contributed by atoms with E-state index in [2.05, 4.69) is 12.2 Å². The summed E-state index contributed by atoms with van der Waals surface area (Å²) in [4.78, 5) is 12.0. The van der Waals surface area contributed by atoms with Crippen LogP contribution in [-0.2, 0) is 17.8 Å². The SMILES string of the molecule is CCc1cc[n+](CC(=O)Nc2cc(Cl)ccc2C)cc1. The third-order valence-corrected chi connectivity index (χ3v) is 3.40. The molecule has 1 aromatic carbocycles. The number of halogens is 1. The lowest BCUT2D eigenvalue weighted by Gasteiger charge is -2.07. The van der Waals surface area contributed by atoms with Gasteiger partial charge in [-0.2, -0.15) is 4.57 Å². The molecule has 0 aliphatic rings. The van der Waals surface area contributed by atoms with Gasteiger partial charge >= 0.3 is 0 Å². The van der Waals surface area contributed by atoms with Gasteiger partial charge in [0.1, 0.15) is 0 Å². The molecule has 20 heavy (non-hydrogen) atoms. The third kappa shape index (κ3) is 3.81. The first-order chi connectivity index (χ1) is 9.58. The zero-order valence-corrected chi connectivity index (χ0v) is 12.4. The Morgan fingerprint density at radius 1 is 1.25 bits per heavy atom. The third-order valence-electron chi connectivity index (χ3n) is 3.17. The number of carbonyl (C=O) groups excluding carboxylic acids is 1. The monoisotopic (exact) mass is 289 g/mol. The molecule has 0 aliphatic carbocycles. The average molecular weight is 290 g/mol. The summed E-state index contributed by atoms with van der Waals surface area (Å²) < 4.78 is 1.86. The minimum absolute atomic E-state index is 0.0652. The largest absolute Gasteiger partial charge is 0.320 e. The maximum atomic E-state index is 12.0. The van der Waals surface area contributed by atoms with Crippen LogP contribution in [0.25, 0.3) is 0 Å². The van der Waals surface area contributed by atoms with Crippen LogP contribution in [0.15, 0.2) is 42.7 Å². The van der Waals surface area contributed by atoms with Crippen molar-refractivity contribution in [1.29, 1.82) is 0 Å². The van der Waals surface area contributed by atoms with Gasteiger partial charge in [-0.1, -0.05) is 24.6 Å². The Hall–Kier alpha value is -1.87. The predicted octanol–water partition coefficient (Wildman–Crippen LogP) is 3.14. The highest BCUT2D eigenvalue weighted by Gasteiger charge is 2.11. The molecule has 0 unspecified atom stereocenters. The van der Waals surface area contributed by atoms with Gasteiger partial charge in [0.25, 0.3) is 5.91 Å². The number of nitrogens with one attached hydrogen (secondary N) is 1. The van der Waals surface area contributed by atoms with Gasteiger partial charge < -0.3 is 5.32 Å². The van der Waals surface area contributed by atoms with E-state index < -0.39 is 0 Å². The fraction of sp³-hybridized carbons (Fsp3) is 0.250. The number of aryl methyl sites for hydroxylation is 2. The smallest absolute Gasteiger partial charge is 0.290 e. The summed E-state index contributed by atoms with van der Waals surface area (Å²) in [6, 6.07) is 9.52. The summed E-state index contributed by atoms with van der Waals surface area (Å²) in [5.41, 5.74) is 3.01. The minimum Gasteiger partial charge on any atom is -0.320 e. The first-order valence-electron chi connectivity index (χ1n) is 6.62. The second-order valence-corrected chi connectivity index (χ2v) is 5.18. The molecule has 1 N–H and O–H groups in total. The lowest BCUT2D eigenvalue weighted by molar-refractivity contribution is -0.684. The number of nitrogens with zero attached hydrogens (tertiary/aromatic N) is 1. The molecule has 0 fully saturated rings. The first-order valence-corrected chi connectivity index (χ1v) is 7.00. The van der Waals surface area contributed by atoms with E-state index in [4.69, 9.17) is 11.6 Å². The molecular weight excluding hydrogens is 272 g/mol. The first kappa shape index (κ1) is 14.5. The Balaban J connectivity index is 2.03. The van der Waals surface area contributed by atoms with E-state index in [-0.39, 0.29) is 12.5 Å². The molecule has 1 aromatic heterocycles. The molecule has 1 amide bonds. The van der Waals surface area contributed by atoms with Crippen LogP contribution in [0.5, 0.6) is 0 Å². The van der Waals surface area contributed by atoms with Gasteiger partial charge in [-0.05, 0) is 36.6 Å². The number of benzene rings is 1. The maximum absolute atomic E-state index is 12.0. The lowest BCUT2D eigenvalue weighted by Crippen LogP contribution is -2.39. The highest BCUT2D eigenvalue weighted by atomic mass is 35.5. The Morgan fingerprint density at radius 2 is 1.95 bits per heavy atom. The van der Waals surface area contributed by atoms with Gasteiger partial charge in [0.05, 0.1) is 0 Å². The molecule has 0 saturated heterocycles. The number of rotatable bonds is 4. The van der Waals surface area contributed by atoms with Crippen molar-refractivity contribution in [3.8, 4) is 0 Å². The van der Waals surface area contributed by atoms with Crippen LogP contribution >= 0.6 is 11.6 Å². The summed E-state index contributed by atoms with van der Waals surface area (Å²) >= 11 is 5.94. The van der Waals surface area contributed by atoms with Crippen LogP contribution in [0.1, 0.15) is 18.1 Å². The molecule has 0 aliphatic heterocycles. The van der Waals surface area contributed by atoms with Gasteiger partial charge in [0.2, 0.25) is 6.54 Å². The molecular formula is C16H18ClN2O+. The zero-order chi connectivity index (χ0) is 14.5. The predicted molar refractivity (Wildman–Crippen MR) is 80.8 cm³/mol. The van der Waals surface area contributed by atoms with Gasteiger partial charge in [-0.15, -0.1) is 0 Å². The van der Waals surface area contributed by atoms with E-state index in [9.17, 15) is 4.79 Å². The second-order valence-electron chi connectivity index (χ2n) is 4.74. The molecule has 104 valence electrons. The van der Waals surface area contributed by atoms with Crippen molar-refractivity contribution >= 4 is 23.2 Å². The van der Waals surface area contributed by atoms with Crippen molar-refractivity contribution in [3.05, 3.63) is 58.9 Å². The van der Waals surface area contributed by atoms with E-state index in [0.29, 0.717) is 5.02 Å². The van der Waals surface area contributed by atoms with E-state index in [1.165, 1.54) is 5.56 Å². The number of anilines is 1. The maximum Gasteiger partial charge on any atom is 0.290 e.